The van der Waals surface area contributed by atoms with E-state index in [1.165, 1.54) is 18.5 Å². The Morgan fingerprint density at radius 2 is 1.84 bits per heavy atom. The molecule has 0 aliphatic rings. The third-order valence-corrected chi connectivity index (χ3v) is 4.95. The third-order valence-electron chi connectivity index (χ3n) is 4.46. The first-order chi connectivity index (χ1) is 15.4. The van der Waals surface area contributed by atoms with Crippen LogP contribution >= 0.6 is 15.9 Å². The smallest absolute Gasteiger partial charge is 0.248 e. The molecule has 32 heavy (non-hydrogen) atoms. The topological polar surface area (TPSA) is 99.3 Å². The van der Waals surface area contributed by atoms with Crippen LogP contribution in [-0.4, -0.2) is 53.9 Å². The van der Waals surface area contributed by atoms with Crippen LogP contribution < -0.4 is 16.0 Å². The predicted octanol–water partition coefficient (Wildman–Crippen LogP) is 3.70. The molecule has 0 saturated heterocycles. The molecule has 3 aromatic rings. The summed E-state index contributed by atoms with van der Waals surface area (Å²) in [5, 5.41) is 9.56. The van der Waals surface area contributed by atoms with E-state index in [4.69, 9.17) is 0 Å². The summed E-state index contributed by atoms with van der Waals surface area (Å²) in [4.78, 5) is 34.8. The van der Waals surface area contributed by atoms with E-state index in [1.54, 1.807) is 18.2 Å². The minimum atomic E-state index is -0.397. The quantitative estimate of drug-likeness (QED) is 0.308. The zero-order valence-electron chi connectivity index (χ0n) is 17.9. The Balaban J connectivity index is 1.64. The van der Waals surface area contributed by atoms with Gasteiger partial charge < -0.3 is 20.9 Å². The van der Waals surface area contributed by atoms with Crippen LogP contribution in [0.4, 0.5) is 17.2 Å². The first-order valence-corrected chi connectivity index (χ1v) is 10.9. The molecular weight excluding hydrogens is 472 g/mol. The number of nitrogens with one attached hydrogen (secondary N) is 3. The number of benzene rings is 2. The summed E-state index contributed by atoms with van der Waals surface area (Å²) < 4.78 is 0.947. The van der Waals surface area contributed by atoms with Gasteiger partial charge in [0.2, 0.25) is 11.8 Å². The van der Waals surface area contributed by atoms with E-state index >= 15 is 0 Å². The van der Waals surface area contributed by atoms with Gasteiger partial charge in [-0.1, -0.05) is 22.0 Å². The molecule has 2 amide bonds. The van der Waals surface area contributed by atoms with Crippen molar-refractivity contribution in [1.82, 2.24) is 20.2 Å². The molecule has 0 bridgehead atoms. The number of rotatable bonds is 9. The van der Waals surface area contributed by atoms with Crippen LogP contribution in [0.3, 0.4) is 0 Å². The highest BCUT2D eigenvalue weighted by Crippen LogP contribution is 2.26. The normalized spacial score (nSPS) is 11.1. The fourth-order valence-corrected chi connectivity index (χ4v) is 3.34. The third kappa shape index (κ3) is 7.14. The van der Waals surface area contributed by atoms with Crippen molar-refractivity contribution in [1.29, 1.82) is 0 Å². The average Bonchev–Trinajstić information content (AvgIpc) is 2.76. The fourth-order valence-electron chi connectivity index (χ4n) is 2.94. The van der Waals surface area contributed by atoms with Gasteiger partial charge in [-0.25, -0.2) is 9.97 Å². The van der Waals surface area contributed by atoms with Crippen molar-refractivity contribution in [3.63, 3.8) is 0 Å². The van der Waals surface area contributed by atoms with Gasteiger partial charge in [0.1, 0.15) is 12.1 Å². The number of nitrogens with zero attached hydrogens (tertiary/aromatic N) is 3. The number of amides is 2. The molecule has 8 nitrogen and oxygen atoms in total. The number of halogens is 1. The number of hydrogen-bond donors (Lipinski definition) is 3. The first-order valence-electron chi connectivity index (χ1n) is 10.1. The summed E-state index contributed by atoms with van der Waals surface area (Å²) in [7, 11) is 3.95. The van der Waals surface area contributed by atoms with Crippen molar-refractivity contribution in [3.8, 4) is 0 Å². The van der Waals surface area contributed by atoms with Gasteiger partial charge >= 0.3 is 0 Å². The number of carbonyl (C=O) groups is 2. The Labute approximate surface area is 195 Å². The molecule has 0 fully saturated rings. The molecule has 1 aromatic heterocycles. The van der Waals surface area contributed by atoms with E-state index in [9.17, 15) is 9.59 Å². The van der Waals surface area contributed by atoms with Crippen molar-refractivity contribution >= 4 is 55.8 Å². The van der Waals surface area contributed by atoms with Gasteiger partial charge in [0, 0.05) is 39.9 Å². The van der Waals surface area contributed by atoms with Gasteiger partial charge in [0.25, 0.3) is 0 Å². The van der Waals surface area contributed by atoms with Crippen LogP contribution in [0.2, 0.25) is 0 Å². The van der Waals surface area contributed by atoms with Gasteiger partial charge in [0.15, 0.2) is 0 Å². The monoisotopic (exact) mass is 496 g/mol. The standard InChI is InChI=1S/C23H25BrN6O2/c1-30(2)12-4-11-25-21(31)9-10-22(32)28-18-7-8-20-19(14-18)23(27-15-26-20)29-17-6-3-5-16(24)13-17/h3,5-10,13-15H,4,11-12H2,1-2H3,(H,25,31)(H,28,32)(H,26,27,29)/b10-9+. The molecule has 0 aliphatic carbocycles. The van der Waals surface area contributed by atoms with E-state index in [0.29, 0.717) is 18.1 Å². The van der Waals surface area contributed by atoms with Gasteiger partial charge in [-0.05, 0) is 63.5 Å². The molecule has 9 heteroatoms. The van der Waals surface area contributed by atoms with E-state index in [1.807, 2.05) is 43.3 Å². The lowest BCUT2D eigenvalue weighted by molar-refractivity contribution is -0.117. The molecule has 0 saturated carbocycles. The number of carbonyl (C=O) groups excluding carboxylic acids is 2. The molecule has 0 spiro atoms. The summed E-state index contributed by atoms with van der Waals surface area (Å²) in [6.07, 6.45) is 4.78. The number of anilines is 3. The van der Waals surface area contributed by atoms with E-state index in [-0.39, 0.29) is 5.91 Å². The predicted molar refractivity (Wildman–Crippen MR) is 131 cm³/mol. The van der Waals surface area contributed by atoms with Gasteiger partial charge in [-0.3, -0.25) is 9.59 Å². The lowest BCUT2D eigenvalue weighted by Crippen LogP contribution is -2.25. The summed E-state index contributed by atoms with van der Waals surface area (Å²) >= 11 is 3.45. The number of hydrogen-bond acceptors (Lipinski definition) is 6. The van der Waals surface area contributed by atoms with Crippen LogP contribution in [0.5, 0.6) is 0 Å². The van der Waals surface area contributed by atoms with E-state index < -0.39 is 5.91 Å². The summed E-state index contributed by atoms with van der Waals surface area (Å²) in [5.74, 6) is -0.0747. The molecule has 0 aliphatic heterocycles. The average molecular weight is 497 g/mol. The molecule has 0 radical (unpaired) electrons. The van der Waals surface area contributed by atoms with Crippen LogP contribution in [0, 0.1) is 0 Å². The maximum absolute atomic E-state index is 12.2. The second-order valence-corrected chi connectivity index (χ2v) is 8.28. The van der Waals surface area contributed by atoms with Crippen LogP contribution in [0.15, 0.2) is 65.4 Å². The molecule has 3 N–H and O–H groups in total. The molecule has 0 unspecified atom stereocenters. The van der Waals surface area contributed by atoms with Crippen molar-refractivity contribution in [3.05, 3.63) is 65.4 Å². The fraction of sp³-hybridized carbons (Fsp3) is 0.217. The minimum absolute atomic E-state index is 0.300. The summed E-state index contributed by atoms with van der Waals surface area (Å²) in [5.41, 5.74) is 2.18. The van der Waals surface area contributed by atoms with Gasteiger partial charge in [-0.2, -0.15) is 0 Å². The number of aromatic nitrogens is 2. The van der Waals surface area contributed by atoms with E-state index in [2.05, 4.69) is 41.8 Å². The zero-order chi connectivity index (χ0) is 22.9. The Hall–Kier alpha value is -3.30. The lowest BCUT2D eigenvalue weighted by atomic mass is 10.2. The molecule has 2 aromatic carbocycles. The van der Waals surface area contributed by atoms with Crippen LogP contribution in [0.25, 0.3) is 10.9 Å². The van der Waals surface area contributed by atoms with E-state index in [0.717, 1.165) is 34.0 Å². The maximum atomic E-state index is 12.2. The number of fused-ring (bicyclic) bond motifs is 1. The van der Waals surface area contributed by atoms with Crippen molar-refractivity contribution in [2.75, 3.05) is 37.8 Å². The Bertz CT molecular complexity index is 1130. The molecule has 0 atom stereocenters. The summed E-state index contributed by atoms with van der Waals surface area (Å²) in [6, 6.07) is 13.1. The highest BCUT2D eigenvalue weighted by molar-refractivity contribution is 9.10. The van der Waals surface area contributed by atoms with Crippen molar-refractivity contribution in [2.45, 2.75) is 6.42 Å². The second-order valence-electron chi connectivity index (χ2n) is 7.36. The van der Waals surface area contributed by atoms with Crippen LogP contribution in [-0.2, 0) is 9.59 Å². The second kappa shape index (κ2) is 11.4. The Morgan fingerprint density at radius 1 is 1.03 bits per heavy atom. The van der Waals surface area contributed by atoms with Gasteiger partial charge in [-0.15, -0.1) is 0 Å². The minimum Gasteiger partial charge on any atom is -0.353 e. The largest absolute Gasteiger partial charge is 0.353 e. The SMILES string of the molecule is CN(C)CCCNC(=O)/C=C/C(=O)Nc1ccc2ncnc(Nc3cccc(Br)c3)c2c1. The highest BCUT2D eigenvalue weighted by Gasteiger charge is 2.07. The molecule has 1 heterocycles. The molecular formula is C23H25BrN6O2. The zero-order valence-corrected chi connectivity index (χ0v) is 19.5. The highest BCUT2D eigenvalue weighted by atomic mass is 79.9. The van der Waals surface area contributed by atoms with Crippen molar-refractivity contribution in [2.24, 2.45) is 0 Å². The Kier molecular flexibility index (Phi) is 8.29. The summed E-state index contributed by atoms with van der Waals surface area (Å²) in [6.45, 7) is 1.44. The lowest BCUT2D eigenvalue weighted by Gasteiger charge is -2.10. The Morgan fingerprint density at radius 3 is 2.62 bits per heavy atom. The molecule has 3 rings (SSSR count). The van der Waals surface area contributed by atoms with Gasteiger partial charge in [0.05, 0.1) is 5.52 Å². The van der Waals surface area contributed by atoms with Crippen molar-refractivity contribution < 1.29 is 9.59 Å². The maximum Gasteiger partial charge on any atom is 0.248 e. The van der Waals surface area contributed by atoms with Crippen LogP contribution in [0.1, 0.15) is 6.42 Å². The molecule has 166 valence electrons. The first kappa shape index (κ1) is 23.4.